The average molecular weight is 237 g/mol. The van der Waals surface area contributed by atoms with Crippen molar-refractivity contribution in [2.24, 2.45) is 0 Å². The highest BCUT2D eigenvalue weighted by molar-refractivity contribution is 5.84. The van der Waals surface area contributed by atoms with Gasteiger partial charge in [0.1, 0.15) is 6.04 Å². The second-order valence-electron chi connectivity index (χ2n) is 4.12. The normalized spacial score (nSPS) is 12.1. The third-order valence-electron chi connectivity index (χ3n) is 2.15. The molecule has 2 N–H and O–H groups in total. The summed E-state index contributed by atoms with van der Waals surface area (Å²) in [6.07, 6.45) is 1.64. The van der Waals surface area contributed by atoms with Gasteiger partial charge >= 0.3 is 0 Å². The van der Waals surface area contributed by atoms with E-state index in [1.807, 2.05) is 26.8 Å². The molecule has 1 aromatic heterocycles. The van der Waals surface area contributed by atoms with Crippen LogP contribution in [0.3, 0.4) is 0 Å². The van der Waals surface area contributed by atoms with Crippen molar-refractivity contribution in [3.05, 3.63) is 18.3 Å². The third-order valence-corrected chi connectivity index (χ3v) is 2.15. The van der Waals surface area contributed by atoms with Gasteiger partial charge in [0.05, 0.1) is 19.0 Å². The van der Waals surface area contributed by atoms with E-state index >= 15 is 0 Å². The van der Waals surface area contributed by atoms with Crippen molar-refractivity contribution in [1.82, 2.24) is 10.3 Å². The first-order chi connectivity index (χ1) is 8.02. The predicted octanol–water partition coefficient (Wildman–Crippen LogP) is 1.42. The van der Waals surface area contributed by atoms with Crippen molar-refractivity contribution >= 4 is 11.6 Å². The molecule has 0 aliphatic carbocycles. The van der Waals surface area contributed by atoms with Gasteiger partial charge in [0.2, 0.25) is 11.8 Å². The van der Waals surface area contributed by atoms with E-state index in [4.69, 9.17) is 4.74 Å². The molecule has 1 unspecified atom stereocenters. The molecule has 5 heteroatoms. The van der Waals surface area contributed by atoms with E-state index in [0.717, 1.165) is 5.69 Å². The van der Waals surface area contributed by atoms with Crippen LogP contribution < -0.4 is 15.4 Å². The fourth-order valence-electron chi connectivity index (χ4n) is 1.31. The molecule has 1 atom stereocenters. The van der Waals surface area contributed by atoms with Gasteiger partial charge in [0.15, 0.2) is 0 Å². The second-order valence-corrected chi connectivity index (χ2v) is 4.12. The first-order valence-corrected chi connectivity index (χ1v) is 5.60. The summed E-state index contributed by atoms with van der Waals surface area (Å²) in [7, 11) is 1.56. The highest BCUT2D eigenvalue weighted by Gasteiger charge is 2.13. The predicted molar refractivity (Wildman–Crippen MR) is 67.2 cm³/mol. The van der Waals surface area contributed by atoms with Crippen LogP contribution in [-0.4, -0.2) is 30.1 Å². The Morgan fingerprint density at radius 1 is 1.35 bits per heavy atom. The van der Waals surface area contributed by atoms with Gasteiger partial charge in [-0.2, -0.15) is 0 Å². The molecule has 0 saturated heterocycles. The summed E-state index contributed by atoms with van der Waals surface area (Å²) in [5, 5.41) is 5.91. The number of amides is 1. The molecular weight excluding hydrogens is 218 g/mol. The number of rotatable bonds is 5. The van der Waals surface area contributed by atoms with Gasteiger partial charge < -0.3 is 15.4 Å². The molecule has 94 valence electrons. The Labute approximate surface area is 102 Å². The topological polar surface area (TPSA) is 63.2 Å². The zero-order chi connectivity index (χ0) is 12.8. The monoisotopic (exact) mass is 237 g/mol. The largest absolute Gasteiger partial charge is 0.481 e. The fourth-order valence-corrected chi connectivity index (χ4v) is 1.31. The maximum atomic E-state index is 11.7. The third kappa shape index (κ3) is 4.30. The van der Waals surface area contributed by atoms with Crippen molar-refractivity contribution < 1.29 is 9.53 Å². The molecule has 0 fully saturated rings. The van der Waals surface area contributed by atoms with E-state index in [-0.39, 0.29) is 18.0 Å². The summed E-state index contributed by atoms with van der Waals surface area (Å²) in [6, 6.07) is 3.41. The van der Waals surface area contributed by atoms with Crippen LogP contribution in [-0.2, 0) is 4.79 Å². The van der Waals surface area contributed by atoms with Gasteiger partial charge in [-0.3, -0.25) is 4.79 Å². The lowest BCUT2D eigenvalue weighted by molar-refractivity contribution is -0.122. The summed E-state index contributed by atoms with van der Waals surface area (Å²) in [6.45, 7) is 5.67. The van der Waals surface area contributed by atoms with E-state index < -0.39 is 0 Å². The van der Waals surface area contributed by atoms with Crippen LogP contribution in [0.2, 0.25) is 0 Å². The van der Waals surface area contributed by atoms with Crippen molar-refractivity contribution in [1.29, 1.82) is 0 Å². The number of methoxy groups -OCH3 is 1. The quantitative estimate of drug-likeness (QED) is 0.813. The van der Waals surface area contributed by atoms with Crippen LogP contribution in [0.5, 0.6) is 5.88 Å². The number of anilines is 1. The van der Waals surface area contributed by atoms with E-state index in [0.29, 0.717) is 5.88 Å². The molecule has 17 heavy (non-hydrogen) atoms. The van der Waals surface area contributed by atoms with Crippen molar-refractivity contribution in [2.75, 3.05) is 12.4 Å². The minimum atomic E-state index is -0.299. The molecule has 0 radical (unpaired) electrons. The first kappa shape index (κ1) is 13.3. The molecule has 1 heterocycles. The van der Waals surface area contributed by atoms with Crippen LogP contribution in [0.15, 0.2) is 18.3 Å². The molecule has 0 aromatic carbocycles. The van der Waals surface area contributed by atoms with E-state index in [1.54, 1.807) is 19.4 Å². The highest BCUT2D eigenvalue weighted by atomic mass is 16.5. The Morgan fingerprint density at radius 3 is 2.53 bits per heavy atom. The summed E-state index contributed by atoms with van der Waals surface area (Å²) < 4.78 is 4.96. The molecule has 0 aliphatic heterocycles. The van der Waals surface area contributed by atoms with Crippen molar-refractivity contribution in [3.63, 3.8) is 0 Å². The molecular formula is C12H19N3O2. The molecule has 1 aromatic rings. The molecule has 0 bridgehead atoms. The lowest BCUT2D eigenvalue weighted by Crippen LogP contribution is -2.40. The molecule has 0 saturated carbocycles. The minimum absolute atomic E-state index is 0.0316. The highest BCUT2D eigenvalue weighted by Crippen LogP contribution is 2.11. The van der Waals surface area contributed by atoms with Gasteiger partial charge in [0.25, 0.3) is 0 Å². The number of aromatic nitrogens is 1. The van der Waals surface area contributed by atoms with Crippen LogP contribution in [0, 0.1) is 0 Å². The molecule has 1 amide bonds. The zero-order valence-electron chi connectivity index (χ0n) is 10.7. The standard InChI is InChI=1S/C12H19N3O2/c1-8(2)14-12(16)9(3)15-10-5-6-11(17-4)13-7-10/h5-9,15H,1-4H3,(H,14,16). The lowest BCUT2D eigenvalue weighted by Gasteiger charge is -2.16. The second kappa shape index (κ2) is 6.08. The van der Waals surface area contributed by atoms with E-state index in [9.17, 15) is 4.79 Å². The smallest absolute Gasteiger partial charge is 0.242 e. The molecule has 5 nitrogen and oxygen atoms in total. The number of hydrogen-bond donors (Lipinski definition) is 2. The lowest BCUT2D eigenvalue weighted by atomic mass is 10.2. The van der Waals surface area contributed by atoms with Crippen molar-refractivity contribution in [2.45, 2.75) is 32.9 Å². The summed E-state index contributed by atoms with van der Waals surface area (Å²) in [4.78, 5) is 15.7. The van der Waals surface area contributed by atoms with Crippen LogP contribution >= 0.6 is 0 Å². The minimum Gasteiger partial charge on any atom is -0.481 e. The Morgan fingerprint density at radius 2 is 2.06 bits per heavy atom. The molecule has 1 rings (SSSR count). The van der Waals surface area contributed by atoms with Gasteiger partial charge in [-0.1, -0.05) is 0 Å². The number of carbonyl (C=O) groups excluding carboxylic acids is 1. The molecule has 0 spiro atoms. The van der Waals surface area contributed by atoms with Gasteiger partial charge in [0, 0.05) is 12.1 Å². The van der Waals surface area contributed by atoms with Crippen LogP contribution in [0.25, 0.3) is 0 Å². The molecule has 0 aliphatic rings. The van der Waals surface area contributed by atoms with Gasteiger partial charge in [-0.05, 0) is 26.8 Å². The Kier molecular flexibility index (Phi) is 4.75. The Balaban J connectivity index is 2.55. The number of hydrogen-bond acceptors (Lipinski definition) is 4. The Bertz CT molecular complexity index is 363. The summed E-state index contributed by atoms with van der Waals surface area (Å²) in [5.74, 6) is 0.519. The SMILES string of the molecule is COc1ccc(NC(C)C(=O)NC(C)C)cn1. The summed E-state index contributed by atoms with van der Waals surface area (Å²) in [5.41, 5.74) is 0.789. The first-order valence-electron chi connectivity index (χ1n) is 5.60. The van der Waals surface area contributed by atoms with Crippen molar-refractivity contribution in [3.8, 4) is 5.88 Å². The van der Waals surface area contributed by atoms with E-state index in [1.165, 1.54) is 0 Å². The maximum Gasteiger partial charge on any atom is 0.242 e. The van der Waals surface area contributed by atoms with Gasteiger partial charge in [-0.15, -0.1) is 0 Å². The number of ether oxygens (including phenoxy) is 1. The number of carbonyl (C=O) groups is 1. The number of pyridine rings is 1. The average Bonchev–Trinajstić information content (AvgIpc) is 2.29. The van der Waals surface area contributed by atoms with E-state index in [2.05, 4.69) is 15.6 Å². The van der Waals surface area contributed by atoms with Crippen LogP contribution in [0.1, 0.15) is 20.8 Å². The number of nitrogens with one attached hydrogen (secondary N) is 2. The zero-order valence-corrected chi connectivity index (χ0v) is 10.7. The van der Waals surface area contributed by atoms with Gasteiger partial charge in [-0.25, -0.2) is 4.98 Å². The Hall–Kier alpha value is -1.78. The summed E-state index contributed by atoms with van der Waals surface area (Å²) >= 11 is 0. The number of nitrogens with zero attached hydrogens (tertiary/aromatic N) is 1. The maximum absolute atomic E-state index is 11.7. The fraction of sp³-hybridized carbons (Fsp3) is 0.500. The van der Waals surface area contributed by atoms with Crippen LogP contribution in [0.4, 0.5) is 5.69 Å².